The van der Waals surface area contributed by atoms with E-state index in [1.54, 1.807) is 24.6 Å². The van der Waals surface area contributed by atoms with Gasteiger partial charge < -0.3 is 15.5 Å². The van der Waals surface area contributed by atoms with Crippen LogP contribution in [0.3, 0.4) is 0 Å². The molecule has 0 bridgehead atoms. The van der Waals surface area contributed by atoms with Crippen molar-refractivity contribution in [2.24, 2.45) is 5.73 Å². The fraction of sp³-hybridized carbons (Fsp3) is 0.206. The minimum Gasteiger partial charge on any atom is -0.482 e. The molecule has 0 saturated heterocycles. The van der Waals surface area contributed by atoms with Gasteiger partial charge >= 0.3 is 0 Å². The molecular formula is C34H31F2N6O2S+. The van der Waals surface area contributed by atoms with E-state index in [9.17, 15) is 9.18 Å². The number of hydrogen-bond donors (Lipinski definition) is 3. The summed E-state index contributed by atoms with van der Waals surface area (Å²) in [6, 6.07) is 15.1. The Kier molecular flexibility index (Phi) is 8.34. The lowest BCUT2D eigenvalue weighted by atomic mass is 9.98. The molecule has 4 N–H and O–H groups in total. The van der Waals surface area contributed by atoms with Crippen molar-refractivity contribution in [3.63, 3.8) is 0 Å². The molecule has 11 heteroatoms. The van der Waals surface area contributed by atoms with E-state index in [1.165, 1.54) is 17.5 Å². The van der Waals surface area contributed by atoms with Crippen LogP contribution in [0.5, 0.6) is 5.75 Å². The number of rotatable bonds is 8. The number of benzene rings is 2. The van der Waals surface area contributed by atoms with Crippen molar-refractivity contribution >= 4 is 27.1 Å². The number of thiophene rings is 1. The highest BCUT2D eigenvalue weighted by atomic mass is 32.1. The Bertz CT molecular complexity index is 2040. The molecule has 6 rings (SSSR count). The molecular weight excluding hydrogens is 594 g/mol. The van der Waals surface area contributed by atoms with Crippen LogP contribution in [-0.4, -0.2) is 45.6 Å². The maximum atomic E-state index is 15.9. The third-order valence-corrected chi connectivity index (χ3v) is 8.80. The highest BCUT2D eigenvalue weighted by molar-refractivity contribution is 7.17. The molecule has 1 aliphatic heterocycles. The van der Waals surface area contributed by atoms with E-state index in [-0.39, 0.29) is 35.2 Å². The zero-order chi connectivity index (χ0) is 31.7. The number of aromatic nitrogens is 3. The summed E-state index contributed by atoms with van der Waals surface area (Å²) in [5.74, 6) is 1.23. The maximum Gasteiger partial charge on any atom is 0.257 e. The maximum absolute atomic E-state index is 15.9. The molecule has 0 amide bonds. The summed E-state index contributed by atoms with van der Waals surface area (Å²) in [6.45, 7) is 3.31. The number of pyridine rings is 1. The number of hydrogen-bond acceptors (Lipinski definition) is 6. The van der Waals surface area contributed by atoms with Gasteiger partial charge in [-0.25, -0.2) is 13.8 Å². The number of ether oxygens (including phenoxy) is 1. The van der Waals surface area contributed by atoms with Gasteiger partial charge in [0, 0.05) is 43.1 Å². The molecule has 45 heavy (non-hydrogen) atoms. The van der Waals surface area contributed by atoms with E-state index < -0.39 is 17.7 Å². The molecule has 0 saturated carbocycles. The minimum atomic E-state index is -0.846. The summed E-state index contributed by atoms with van der Waals surface area (Å²) < 4.78 is 38.9. The molecule has 0 radical (unpaired) electrons. The minimum absolute atomic E-state index is 0.000468. The predicted octanol–water partition coefficient (Wildman–Crippen LogP) is 4.15. The van der Waals surface area contributed by atoms with Gasteiger partial charge in [0.15, 0.2) is 6.61 Å². The van der Waals surface area contributed by atoms with Crippen LogP contribution in [0.15, 0.2) is 77.0 Å². The summed E-state index contributed by atoms with van der Waals surface area (Å²) in [7, 11) is 1.69. The molecule has 1 aliphatic rings. The van der Waals surface area contributed by atoms with Crippen molar-refractivity contribution < 1.29 is 18.5 Å². The monoisotopic (exact) mass is 625 g/mol. The zero-order valence-electron chi connectivity index (χ0n) is 24.7. The highest BCUT2D eigenvalue weighted by Gasteiger charge is 2.33. The Morgan fingerprint density at radius 2 is 2.04 bits per heavy atom. The number of aromatic amines is 1. The fourth-order valence-electron chi connectivity index (χ4n) is 5.81. The average Bonchev–Trinajstić information content (AvgIpc) is 3.70. The molecule has 8 nitrogen and oxygen atoms in total. The van der Waals surface area contributed by atoms with Crippen LogP contribution in [0.2, 0.25) is 0 Å². The van der Waals surface area contributed by atoms with Crippen molar-refractivity contribution in [3.05, 3.63) is 105 Å². The van der Waals surface area contributed by atoms with Gasteiger partial charge in [-0.05, 0) is 30.0 Å². The second kappa shape index (κ2) is 12.5. The van der Waals surface area contributed by atoms with E-state index in [4.69, 9.17) is 22.0 Å². The van der Waals surface area contributed by atoms with Crippen LogP contribution in [0, 0.1) is 24.0 Å². The Labute approximate surface area is 262 Å². The lowest BCUT2D eigenvalue weighted by Gasteiger charge is -2.36. The molecule has 4 heterocycles. The Balaban J connectivity index is 1.52. The molecule has 2 atom stereocenters. The predicted molar refractivity (Wildman–Crippen MR) is 173 cm³/mol. The summed E-state index contributed by atoms with van der Waals surface area (Å²) in [5.41, 5.74) is 8.71. The van der Waals surface area contributed by atoms with E-state index in [0.717, 1.165) is 23.4 Å². The number of nitrogens with one attached hydrogen (secondary N) is 2. The van der Waals surface area contributed by atoms with Gasteiger partial charge in [0.1, 0.15) is 36.2 Å². The first-order chi connectivity index (χ1) is 21.8. The Morgan fingerprint density at radius 1 is 1.24 bits per heavy atom. The molecule has 0 aliphatic carbocycles. The average molecular weight is 626 g/mol. The van der Waals surface area contributed by atoms with Crippen LogP contribution in [0.25, 0.3) is 32.6 Å². The largest absolute Gasteiger partial charge is 0.482 e. The molecule has 2 aromatic carbocycles. The Hall–Kier alpha value is -5.05. The first kappa shape index (κ1) is 30.0. The lowest BCUT2D eigenvalue weighted by molar-refractivity contribution is -0.420. The third-order valence-electron chi connectivity index (χ3n) is 7.86. The molecule has 3 aromatic heterocycles. The number of nitrogens with zero attached hydrogens (tertiary/aromatic N) is 3. The van der Waals surface area contributed by atoms with Gasteiger partial charge in [0.05, 0.1) is 33.1 Å². The van der Waals surface area contributed by atoms with Crippen molar-refractivity contribution in [1.82, 2.24) is 19.7 Å². The number of nitrogens with two attached hydrogens (primary N) is 1. The van der Waals surface area contributed by atoms with Crippen molar-refractivity contribution in [2.45, 2.75) is 25.6 Å². The molecule has 0 fully saturated rings. The van der Waals surface area contributed by atoms with Crippen LogP contribution in [0.1, 0.15) is 30.3 Å². The highest BCUT2D eigenvalue weighted by Crippen LogP contribution is 2.44. The third kappa shape index (κ3) is 5.66. The van der Waals surface area contributed by atoms with Crippen LogP contribution >= 0.6 is 11.3 Å². The number of terminal acetylenes is 1. The summed E-state index contributed by atoms with van der Waals surface area (Å²) in [6.07, 6.45) is 9.03. The summed E-state index contributed by atoms with van der Waals surface area (Å²) >= 11 is 1.28. The first-order valence-corrected chi connectivity index (χ1v) is 15.2. The van der Waals surface area contributed by atoms with Crippen LogP contribution in [-0.2, 0) is 6.54 Å². The van der Waals surface area contributed by atoms with E-state index in [2.05, 4.69) is 32.9 Å². The van der Waals surface area contributed by atoms with Crippen molar-refractivity contribution in [1.29, 1.82) is 0 Å². The summed E-state index contributed by atoms with van der Waals surface area (Å²) in [5, 5.41) is 7.03. The van der Waals surface area contributed by atoms with Crippen molar-refractivity contribution in [3.8, 4) is 40.6 Å². The van der Waals surface area contributed by atoms with Gasteiger partial charge in [-0.3, -0.25) is 14.4 Å². The quantitative estimate of drug-likeness (QED) is 0.178. The Morgan fingerprint density at radius 3 is 2.78 bits per heavy atom. The smallest absolute Gasteiger partial charge is 0.257 e. The normalized spacial score (nSPS) is 17.1. The van der Waals surface area contributed by atoms with E-state index in [1.807, 2.05) is 35.9 Å². The standard InChI is InChI=1S/C34H30F2N6O2S/c1-4-27-28-16-26(40-42(28)20(2)17-41(27)18-21-8-6-5-7-9-21)32-31(33-24(11-13-45-33)34(43)39-32)30-25(36)14-22(35)15-29(30)44-19-23(38-3)10-12-37/h1,5-16,20,27H,17-19,37H2,2-3H3,(H,39,43)/p+1/b12-10-,38-23?/t20-,27+/m0/s1. The molecule has 228 valence electrons. The van der Waals surface area contributed by atoms with Gasteiger partial charge in [-0.1, -0.05) is 36.3 Å². The van der Waals surface area contributed by atoms with Gasteiger partial charge in [-0.15, -0.1) is 17.8 Å². The zero-order valence-corrected chi connectivity index (χ0v) is 25.5. The van der Waals surface area contributed by atoms with E-state index >= 15 is 4.39 Å². The molecule has 0 unspecified atom stereocenters. The second-order valence-electron chi connectivity index (χ2n) is 10.8. The number of fused-ring (bicyclic) bond motifs is 2. The second-order valence-corrected chi connectivity index (χ2v) is 11.7. The lowest BCUT2D eigenvalue weighted by Crippen LogP contribution is -2.68. The van der Waals surface area contributed by atoms with Crippen molar-refractivity contribution in [2.75, 3.05) is 20.2 Å². The number of H-pyrrole nitrogens is 1. The first-order valence-electron chi connectivity index (χ1n) is 14.3. The molecule has 0 spiro atoms. The topological polar surface area (TPSA) is 103 Å². The number of halogens is 2. The van der Waals surface area contributed by atoms with Gasteiger partial charge in [0.25, 0.3) is 5.56 Å². The van der Waals surface area contributed by atoms with Crippen LogP contribution < -0.4 is 21.0 Å². The van der Waals surface area contributed by atoms with E-state index in [0.29, 0.717) is 40.1 Å². The summed E-state index contributed by atoms with van der Waals surface area (Å²) in [4.78, 5) is 21.4. The SMILES string of the molecule is C#C[C@@H]1c2cc(-c3[nH]c(=O)c4ccsc4c3-c3c(F)cc(F)cc3OCC(/C=C\N)=[NH+]C)nn2[C@@H](C)CN1Cc1ccccc1. The fourth-order valence-corrected chi connectivity index (χ4v) is 6.76. The van der Waals surface area contributed by atoms with Crippen LogP contribution in [0.4, 0.5) is 8.78 Å². The van der Waals surface area contributed by atoms with Gasteiger partial charge in [-0.2, -0.15) is 5.10 Å². The molecule has 5 aromatic rings. The van der Waals surface area contributed by atoms with Gasteiger partial charge in [0.2, 0.25) is 5.71 Å².